The molecule has 1 unspecified atom stereocenters. The fraction of sp³-hybridized carbons (Fsp3) is 0.500. The van der Waals surface area contributed by atoms with Gasteiger partial charge in [-0.15, -0.1) is 0 Å². The van der Waals surface area contributed by atoms with Gasteiger partial charge in [0.15, 0.2) is 0 Å². The van der Waals surface area contributed by atoms with Crippen LogP contribution in [0.3, 0.4) is 0 Å². The Balaban J connectivity index is 1.89. The standard InChI is InChI=1S/C14H17/c1-2-6-11(5-1)14-10-9-12-7-3-4-8-13(12)14/h3-4,7-8,14H,1-2,5-6,9-10H2. The van der Waals surface area contributed by atoms with E-state index in [-0.39, 0.29) is 0 Å². The number of fused-ring (bicyclic) bond motifs is 1. The van der Waals surface area contributed by atoms with Crippen LogP contribution >= 0.6 is 0 Å². The van der Waals surface area contributed by atoms with Crippen LogP contribution in [0.2, 0.25) is 0 Å². The lowest BCUT2D eigenvalue weighted by atomic mass is 9.86. The molecule has 1 radical (unpaired) electrons. The Morgan fingerprint density at radius 1 is 0.929 bits per heavy atom. The number of rotatable bonds is 1. The molecule has 0 heterocycles. The molecule has 1 fully saturated rings. The van der Waals surface area contributed by atoms with Crippen LogP contribution in [-0.2, 0) is 6.42 Å². The Morgan fingerprint density at radius 3 is 2.57 bits per heavy atom. The molecule has 0 spiro atoms. The van der Waals surface area contributed by atoms with Crippen LogP contribution in [0.25, 0.3) is 0 Å². The predicted octanol–water partition coefficient (Wildman–Crippen LogP) is 3.86. The zero-order valence-electron chi connectivity index (χ0n) is 8.63. The third-order valence-electron chi connectivity index (χ3n) is 3.87. The molecule has 1 aromatic carbocycles. The summed E-state index contributed by atoms with van der Waals surface area (Å²) in [5.41, 5.74) is 3.25. The van der Waals surface area contributed by atoms with Gasteiger partial charge in [0.1, 0.15) is 0 Å². The first-order valence-electron chi connectivity index (χ1n) is 5.87. The monoisotopic (exact) mass is 185 g/mol. The van der Waals surface area contributed by atoms with E-state index in [2.05, 4.69) is 24.3 Å². The molecule has 3 rings (SSSR count). The van der Waals surface area contributed by atoms with E-state index in [0.29, 0.717) is 0 Å². The van der Waals surface area contributed by atoms with Crippen LogP contribution in [0.4, 0.5) is 0 Å². The summed E-state index contributed by atoms with van der Waals surface area (Å²) in [6.07, 6.45) is 8.37. The van der Waals surface area contributed by atoms with E-state index < -0.39 is 0 Å². The lowest BCUT2D eigenvalue weighted by Crippen LogP contribution is -2.03. The van der Waals surface area contributed by atoms with Crippen molar-refractivity contribution in [2.45, 2.75) is 44.4 Å². The van der Waals surface area contributed by atoms with Gasteiger partial charge in [0, 0.05) is 0 Å². The Hall–Kier alpha value is -0.780. The molecule has 0 nitrogen and oxygen atoms in total. The van der Waals surface area contributed by atoms with Gasteiger partial charge in [0.05, 0.1) is 0 Å². The van der Waals surface area contributed by atoms with Gasteiger partial charge in [0.2, 0.25) is 0 Å². The van der Waals surface area contributed by atoms with Gasteiger partial charge in [-0.3, -0.25) is 0 Å². The van der Waals surface area contributed by atoms with E-state index in [0.717, 1.165) is 5.92 Å². The van der Waals surface area contributed by atoms with E-state index >= 15 is 0 Å². The maximum Gasteiger partial charge on any atom is -0.00939 e. The maximum atomic E-state index is 2.35. The molecule has 2 aliphatic rings. The first kappa shape index (κ1) is 8.52. The van der Waals surface area contributed by atoms with Crippen LogP contribution < -0.4 is 0 Å². The molecule has 0 heteroatoms. The summed E-state index contributed by atoms with van der Waals surface area (Å²) in [5.74, 6) is 2.67. The largest absolute Gasteiger partial charge is 0.0620 e. The summed E-state index contributed by atoms with van der Waals surface area (Å²) in [5, 5.41) is 0. The third-order valence-corrected chi connectivity index (χ3v) is 3.87. The normalized spacial score (nSPS) is 26.7. The van der Waals surface area contributed by atoms with Gasteiger partial charge in [-0.25, -0.2) is 0 Å². The predicted molar refractivity (Wildman–Crippen MR) is 59.2 cm³/mol. The highest BCUT2D eigenvalue weighted by Crippen LogP contribution is 2.46. The maximum absolute atomic E-state index is 2.35. The minimum atomic E-state index is 0.827. The van der Waals surface area contributed by atoms with Crippen molar-refractivity contribution in [2.24, 2.45) is 0 Å². The summed E-state index contributed by atoms with van der Waals surface area (Å²) >= 11 is 0. The van der Waals surface area contributed by atoms with Crippen molar-refractivity contribution < 1.29 is 0 Å². The Labute approximate surface area is 86.3 Å². The topological polar surface area (TPSA) is 0 Å². The van der Waals surface area contributed by atoms with E-state index in [1.165, 1.54) is 38.5 Å². The SMILES string of the molecule is c1ccc2c(c1)CCC2[C]1CCCC1. The van der Waals surface area contributed by atoms with E-state index in [1.54, 1.807) is 11.1 Å². The zero-order chi connectivity index (χ0) is 9.38. The second-order valence-electron chi connectivity index (χ2n) is 4.66. The number of hydrogen-bond donors (Lipinski definition) is 0. The minimum absolute atomic E-state index is 0.827. The molecule has 0 aliphatic heterocycles. The molecule has 14 heavy (non-hydrogen) atoms. The van der Waals surface area contributed by atoms with Crippen molar-refractivity contribution in [1.82, 2.24) is 0 Å². The summed E-state index contributed by atoms with van der Waals surface area (Å²) in [6, 6.07) is 9.04. The van der Waals surface area contributed by atoms with Crippen LogP contribution in [0.1, 0.15) is 49.1 Å². The van der Waals surface area contributed by atoms with Crippen molar-refractivity contribution in [2.75, 3.05) is 0 Å². The molecule has 0 aromatic heterocycles. The summed E-state index contributed by atoms with van der Waals surface area (Å²) in [7, 11) is 0. The average Bonchev–Trinajstić information content (AvgIpc) is 2.85. The first-order chi connectivity index (χ1) is 6.95. The van der Waals surface area contributed by atoms with Gasteiger partial charge in [-0.2, -0.15) is 0 Å². The molecular formula is C14H17. The van der Waals surface area contributed by atoms with Crippen LogP contribution in [0.15, 0.2) is 24.3 Å². The molecule has 1 atom stereocenters. The van der Waals surface area contributed by atoms with Gasteiger partial charge in [-0.05, 0) is 48.6 Å². The molecule has 0 N–H and O–H groups in total. The average molecular weight is 185 g/mol. The Morgan fingerprint density at radius 2 is 1.71 bits per heavy atom. The fourth-order valence-electron chi connectivity index (χ4n) is 3.16. The van der Waals surface area contributed by atoms with Crippen molar-refractivity contribution in [3.05, 3.63) is 41.3 Å². The van der Waals surface area contributed by atoms with Crippen molar-refractivity contribution in [3.8, 4) is 0 Å². The fourth-order valence-corrected chi connectivity index (χ4v) is 3.16. The minimum Gasteiger partial charge on any atom is -0.0620 e. The second kappa shape index (κ2) is 3.42. The second-order valence-corrected chi connectivity index (χ2v) is 4.66. The smallest absolute Gasteiger partial charge is 0.00939 e. The molecule has 0 bridgehead atoms. The third kappa shape index (κ3) is 1.28. The zero-order valence-corrected chi connectivity index (χ0v) is 8.63. The van der Waals surface area contributed by atoms with Crippen LogP contribution in [0.5, 0.6) is 0 Å². The van der Waals surface area contributed by atoms with Gasteiger partial charge < -0.3 is 0 Å². The number of hydrogen-bond acceptors (Lipinski definition) is 0. The molecular weight excluding hydrogens is 168 g/mol. The number of benzene rings is 1. The van der Waals surface area contributed by atoms with Gasteiger partial charge in [-0.1, -0.05) is 37.1 Å². The summed E-state index contributed by atoms with van der Waals surface area (Å²) < 4.78 is 0. The lowest BCUT2D eigenvalue weighted by Gasteiger charge is -2.18. The molecule has 1 saturated carbocycles. The highest BCUT2D eigenvalue weighted by atomic mass is 14.4. The van der Waals surface area contributed by atoms with Crippen LogP contribution in [-0.4, -0.2) is 0 Å². The van der Waals surface area contributed by atoms with Crippen molar-refractivity contribution >= 4 is 0 Å². The molecule has 0 amide bonds. The van der Waals surface area contributed by atoms with Gasteiger partial charge in [0.25, 0.3) is 0 Å². The molecule has 0 saturated heterocycles. The van der Waals surface area contributed by atoms with E-state index in [9.17, 15) is 0 Å². The van der Waals surface area contributed by atoms with E-state index in [1.807, 2.05) is 5.92 Å². The Bertz CT molecular complexity index is 321. The highest BCUT2D eigenvalue weighted by molar-refractivity contribution is 5.39. The van der Waals surface area contributed by atoms with E-state index in [4.69, 9.17) is 0 Å². The summed E-state index contributed by atoms with van der Waals surface area (Å²) in [6.45, 7) is 0. The Kier molecular flexibility index (Phi) is 2.08. The lowest BCUT2D eigenvalue weighted by molar-refractivity contribution is 0.646. The van der Waals surface area contributed by atoms with Crippen molar-refractivity contribution in [1.29, 1.82) is 0 Å². The molecule has 2 aliphatic carbocycles. The number of aryl methyl sites for hydroxylation is 1. The quantitative estimate of drug-likeness (QED) is 0.623. The highest BCUT2D eigenvalue weighted by Gasteiger charge is 2.31. The first-order valence-corrected chi connectivity index (χ1v) is 5.87. The molecule has 1 aromatic rings. The van der Waals surface area contributed by atoms with Crippen molar-refractivity contribution in [3.63, 3.8) is 0 Å². The van der Waals surface area contributed by atoms with Gasteiger partial charge >= 0.3 is 0 Å². The summed E-state index contributed by atoms with van der Waals surface area (Å²) in [4.78, 5) is 0. The molecule has 73 valence electrons. The van der Waals surface area contributed by atoms with Crippen LogP contribution in [0, 0.1) is 5.92 Å².